The van der Waals surface area contributed by atoms with E-state index in [1.54, 1.807) is 24.5 Å². The summed E-state index contributed by atoms with van der Waals surface area (Å²) in [7, 11) is -3.49. The minimum absolute atomic E-state index is 0.200. The summed E-state index contributed by atoms with van der Waals surface area (Å²) in [6.45, 7) is 0. The number of hydrogen-bond acceptors (Lipinski definition) is 6. The maximum atomic E-state index is 11.7. The van der Waals surface area contributed by atoms with Crippen molar-refractivity contribution in [1.29, 1.82) is 0 Å². The number of thiophene rings is 1. The van der Waals surface area contributed by atoms with E-state index in [1.807, 2.05) is 17.5 Å². The van der Waals surface area contributed by atoms with Crippen molar-refractivity contribution in [2.45, 2.75) is 5.16 Å². The average Bonchev–Trinajstić information content (AvgIpc) is 3.10. The molecule has 0 spiro atoms. The van der Waals surface area contributed by atoms with Crippen LogP contribution in [0.3, 0.4) is 0 Å². The molecule has 0 saturated heterocycles. The molecule has 0 unspecified atom stereocenters. The van der Waals surface area contributed by atoms with Gasteiger partial charge in [0, 0.05) is 24.7 Å². The summed E-state index contributed by atoms with van der Waals surface area (Å²) >= 11 is 1.49. The highest BCUT2D eigenvalue weighted by Gasteiger charge is 2.16. The number of aromatic nitrogens is 4. The number of hydrogen-bond donors (Lipinski definition) is 0. The molecule has 0 atom stereocenters. The first-order valence-electron chi connectivity index (χ1n) is 5.67. The van der Waals surface area contributed by atoms with Gasteiger partial charge in [-0.25, -0.2) is 18.1 Å². The van der Waals surface area contributed by atoms with Gasteiger partial charge in [0.2, 0.25) is 15.0 Å². The van der Waals surface area contributed by atoms with Gasteiger partial charge in [-0.15, -0.1) is 11.3 Å². The van der Waals surface area contributed by atoms with Gasteiger partial charge in [-0.2, -0.15) is 10.1 Å². The number of sulfone groups is 1. The molecule has 6 nitrogen and oxygen atoms in total. The molecule has 0 saturated carbocycles. The lowest BCUT2D eigenvalue weighted by atomic mass is 10.3. The highest BCUT2D eigenvalue weighted by atomic mass is 32.2. The fraction of sp³-hybridized carbons (Fsp3) is 0.0833. The quantitative estimate of drug-likeness (QED) is 0.689. The van der Waals surface area contributed by atoms with Gasteiger partial charge in [0.1, 0.15) is 0 Å². The molecule has 0 radical (unpaired) electrons. The Morgan fingerprint density at radius 1 is 1.25 bits per heavy atom. The molecular formula is C12H10N4O2S2. The monoisotopic (exact) mass is 306 g/mol. The fourth-order valence-electron chi connectivity index (χ4n) is 1.65. The van der Waals surface area contributed by atoms with Crippen molar-refractivity contribution in [1.82, 2.24) is 19.7 Å². The Morgan fingerprint density at radius 3 is 2.70 bits per heavy atom. The third kappa shape index (κ3) is 2.47. The second-order valence-electron chi connectivity index (χ2n) is 4.09. The number of nitrogens with zero attached hydrogens (tertiary/aromatic N) is 4. The second kappa shape index (κ2) is 4.80. The molecule has 8 heteroatoms. The Kier molecular flexibility index (Phi) is 3.11. The molecule has 0 aliphatic heterocycles. The van der Waals surface area contributed by atoms with Gasteiger partial charge in [0.05, 0.1) is 10.6 Å². The zero-order valence-electron chi connectivity index (χ0n) is 10.5. The molecule has 20 heavy (non-hydrogen) atoms. The number of rotatable bonds is 3. The van der Waals surface area contributed by atoms with E-state index in [9.17, 15) is 8.42 Å². The van der Waals surface area contributed by atoms with E-state index in [0.29, 0.717) is 11.5 Å². The Balaban J connectivity index is 2.24. The Bertz CT molecular complexity index is 772. The highest BCUT2D eigenvalue weighted by molar-refractivity contribution is 7.90. The zero-order chi connectivity index (χ0) is 14.2. The first-order valence-corrected chi connectivity index (χ1v) is 8.44. The van der Waals surface area contributed by atoms with E-state index in [1.165, 1.54) is 16.0 Å². The second-order valence-corrected chi connectivity index (χ2v) is 6.95. The molecule has 0 bridgehead atoms. The van der Waals surface area contributed by atoms with E-state index < -0.39 is 9.84 Å². The van der Waals surface area contributed by atoms with Crippen molar-refractivity contribution in [2.24, 2.45) is 0 Å². The van der Waals surface area contributed by atoms with E-state index in [4.69, 9.17) is 0 Å². The molecule has 3 aromatic rings. The van der Waals surface area contributed by atoms with Gasteiger partial charge >= 0.3 is 0 Å². The average molecular weight is 306 g/mol. The summed E-state index contributed by atoms with van der Waals surface area (Å²) in [6.07, 6.45) is 4.40. The molecule has 0 aliphatic rings. The minimum Gasteiger partial charge on any atom is -0.223 e. The normalized spacial score (nSPS) is 11.7. The first-order chi connectivity index (χ1) is 9.54. The minimum atomic E-state index is -3.49. The molecule has 0 fully saturated rings. The van der Waals surface area contributed by atoms with Gasteiger partial charge in [-0.1, -0.05) is 6.07 Å². The molecule has 0 amide bonds. The molecule has 3 heterocycles. The van der Waals surface area contributed by atoms with Crippen molar-refractivity contribution in [3.63, 3.8) is 0 Å². The van der Waals surface area contributed by atoms with Crippen LogP contribution in [0, 0.1) is 0 Å². The van der Waals surface area contributed by atoms with Crippen molar-refractivity contribution < 1.29 is 8.42 Å². The van der Waals surface area contributed by atoms with Crippen LogP contribution in [0.25, 0.3) is 16.4 Å². The van der Waals surface area contributed by atoms with Gasteiger partial charge in [-0.05, 0) is 17.5 Å². The van der Waals surface area contributed by atoms with Gasteiger partial charge in [0.25, 0.3) is 0 Å². The topological polar surface area (TPSA) is 77.7 Å². The third-order valence-electron chi connectivity index (χ3n) is 2.54. The van der Waals surface area contributed by atoms with Crippen LogP contribution in [0.5, 0.6) is 0 Å². The predicted octanol–water partition coefficient (Wildman–Crippen LogP) is 1.79. The summed E-state index contributed by atoms with van der Waals surface area (Å²) < 4.78 is 25.0. The Hall–Kier alpha value is -2.06. The molecule has 0 N–H and O–H groups in total. The third-order valence-corrected chi connectivity index (χ3v) is 4.27. The van der Waals surface area contributed by atoms with Crippen LogP contribution in [0.2, 0.25) is 0 Å². The molecule has 0 aromatic carbocycles. The molecular weight excluding hydrogens is 296 g/mol. The van der Waals surface area contributed by atoms with E-state index >= 15 is 0 Å². The zero-order valence-corrected chi connectivity index (χ0v) is 12.1. The van der Waals surface area contributed by atoms with Crippen LogP contribution < -0.4 is 0 Å². The summed E-state index contributed by atoms with van der Waals surface area (Å²) in [4.78, 5) is 9.07. The lowest BCUT2D eigenvalue weighted by Gasteiger charge is -2.06. The largest absolute Gasteiger partial charge is 0.249 e. The summed E-state index contributed by atoms with van der Waals surface area (Å²) in [5.74, 6) is 0.425. The molecule has 3 rings (SSSR count). The molecule has 0 aliphatic carbocycles. The lowest BCUT2D eigenvalue weighted by Crippen LogP contribution is -2.09. The summed E-state index contributed by atoms with van der Waals surface area (Å²) in [5.41, 5.74) is 0.570. The van der Waals surface area contributed by atoms with Crippen LogP contribution in [0.15, 0.2) is 47.2 Å². The maximum absolute atomic E-state index is 11.7. The van der Waals surface area contributed by atoms with Crippen LogP contribution in [-0.2, 0) is 9.84 Å². The van der Waals surface area contributed by atoms with Crippen molar-refractivity contribution in [2.75, 3.05) is 6.26 Å². The Labute approximate surface area is 119 Å². The summed E-state index contributed by atoms with van der Waals surface area (Å²) in [5, 5.41) is 5.77. The van der Waals surface area contributed by atoms with E-state index in [0.717, 1.165) is 11.1 Å². The fourth-order valence-corrected chi connectivity index (χ4v) is 2.86. The highest BCUT2D eigenvalue weighted by Crippen LogP contribution is 2.25. The standard InChI is InChI=1S/C12H10N4O2S2/c1-20(17,18)12-14-9(10-4-2-7-19-10)8-11(15-12)16-6-3-5-13-16/h2-8H,1H3. The first kappa shape index (κ1) is 12.9. The van der Waals surface area contributed by atoms with Crippen molar-refractivity contribution in [3.8, 4) is 16.4 Å². The SMILES string of the molecule is CS(=O)(=O)c1nc(-c2cccs2)cc(-n2cccn2)n1. The smallest absolute Gasteiger partial charge is 0.223 e. The summed E-state index contributed by atoms with van der Waals surface area (Å²) in [6, 6.07) is 7.22. The lowest BCUT2D eigenvalue weighted by molar-refractivity contribution is 0.592. The van der Waals surface area contributed by atoms with Gasteiger partial charge in [0.15, 0.2) is 5.82 Å². The predicted molar refractivity (Wildman–Crippen MR) is 75.6 cm³/mol. The van der Waals surface area contributed by atoms with Crippen molar-refractivity contribution in [3.05, 3.63) is 42.0 Å². The van der Waals surface area contributed by atoms with Crippen molar-refractivity contribution >= 4 is 21.2 Å². The van der Waals surface area contributed by atoms with E-state index in [-0.39, 0.29) is 5.16 Å². The molecule has 102 valence electrons. The Morgan fingerprint density at radius 2 is 2.10 bits per heavy atom. The van der Waals surface area contributed by atoms with Crippen LogP contribution in [-0.4, -0.2) is 34.4 Å². The maximum Gasteiger partial charge on any atom is 0.249 e. The van der Waals surface area contributed by atoms with Gasteiger partial charge in [-0.3, -0.25) is 0 Å². The van der Waals surface area contributed by atoms with Gasteiger partial charge < -0.3 is 0 Å². The van der Waals surface area contributed by atoms with E-state index in [2.05, 4.69) is 15.1 Å². The van der Waals surface area contributed by atoms with Crippen LogP contribution in [0.4, 0.5) is 0 Å². The van der Waals surface area contributed by atoms with Crippen LogP contribution >= 0.6 is 11.3 Å². The molecule has 3 aromatic heterocycles. The van der Waals surface area contributed by atoms with Crippen LogP contribution in [0.1, 0.15) is 0 Å².